The summed E-state index contributed by atoms with van der Waals surface area (Å²) >= 11 is 0. The Balaban J connectivity index is 1.72. The van der Waals surface area contributed by atoms with Crippen LogP contribution < -0.4 is 0 Å². The molecule has 4 heteroatoms. The number of hydrogen-bond donors (Lipinski definition) is 1. The summed E-state index contributed by atoms with van der Waals surface area (Å²) in [5.41, 5.74) is 0.936. The van der Waals surface area contributed by atoms with E-state index in [2.05, 4.69) is 0 Å². The van der Waals surface area contributed by atoms with Gasteiger partial charge in [-0.05, 0) is 36.8 Å². The quantitative estimate of drug-likeness (QED) is 0.750. The van der Waals surface area contributed by atoms with Gasteiger partial charge < -0.3 is 5.11 Å². The molecule has 2 saturated carbocycles. The van der Waals surface area contributed by atoms with Crippen molar-refractivity contribution in [2.24, 2.45) is 11.8 Å². The van der Waals surface area contributed by atoms with Gasteiger partial charge in [0.25, 0.3) is 11.8 Å². The van der Waals surface area contributed by atoms with Crippen molar-refractivity contribution in [3.8, 4) is 0 Å². The minimum Gasteiger partial charge on any atom is -0.391 e. The molecule has 2 aliphatic carbocycles. The fraction of sp³-hybridized carbons (Fsp3) is 0.429. The molecule has 0 saturated heterocycles. The SMILES string of the molecule is O=C1c2ccccc2C(=O)N1[C@@H]1C[C@H]2C[C@H]2[C@H]1O. The Kier molecular flexibility index (Phi) is 1.83. The number of carbonyl (C=O) groups is 2. The minimum absolute atomic E-state index is 0.249. The van der Waals surface area contributed by atoms with E-state index in [9.17, 15) is 14.7 Å². The van der Waals surface area contributed by atoms with Crippen molar-refractivity contribution in [1.82, 2.24) is 4.90 Å². The maximum atomic E-state index is 12.3. The van der Waals surface area contributed by atoms with Gasteiger partial charge in [0.05, 0.1) is 23.3 Å². The zero-order valence-electron chi connectivity index (χ0n) is 9.74. The van der Waals surface area contributed by atoms with E-state index >= 15 is 0 Å². The topological polar surface area (TPSA) is 57.6 Å². The average molecular weight is 243 g/mol. The molecule has 0 spiro atoms. The molecule has 1 N–H and O–H groups in total. The van der Waals surface area contributed by atoms with Gasteiger partial charge in [-0.2, -0.15) is 0 Å². The first kappa shape index (κ1) is 10.3. The molecule has 1 aromatic rings. The normalized spacial score (nSPS) is 36.8. The third-order valence-corrected chi connectivity index (χ3v) is 4.51. The van der Waals surface area contributed by atoms with Crippen LogP contribution in [0.1, 0.15) is 33.6 Å². The molecule has 3 aliphatic rings. The van der Waals surface area contributed by atoms with Gasteiger partial charge in [0, 0.05) is 0 Å². The number of benzene rings is 1. The van der Waals surface area contributed by atoms with Crippen molar-refractivity contribution in [2.75, 3.05) is 0 Å². The van der Waals surface area contributed by atoms with Gasteiger partial charge in [-0.3, -0.25) is 14.5 Å². The fourth-order valence-corrected chi connectivity index (χ4v) is 3.46. The number of aliphatic hydroxyl groups is 1. The Labute approximate surface area is 104 Å². The molecule has 0 aromatic heterocycles. The molecule has 4 nitrogen and oxygen atoms in total. The van der Waals surface area contributed by atoms with Gasteiger partial charge in [-0.1, -0.05) is 12.1 Å². The number of nitrogens with zero attached hydrogens (tertiary/aromatic N) is 1. The van der Waals surface area contributed by atoms with Gasteiger partial charge in [0.1, 0.15) is 0 Å². The lowest BCUT2D eigenvalue weighted by molar-refractivity contribution is 0.0356. The Morgan fingerprint density at radius 1 is 1.06 bits per heavy atom. The Morgan fingerprint density at radius 3 is 2.17 bits per heavy atom. The molecule has 92 valence electrons. The Bertz CT molecular complexity index is 533. The van der Waals surface area contributed by atoms with Gasteiger partial charge in [-0.25, -0.2) is 0 Å². The van der Waals surface area contributed by atoms with E-state index in [0.29, 0.717) is 23.0 Å². The summed E-state index contributed by atoms with van der Waals surface area (Å²) in [6.07, 6.45) is 1.27. The zero-order valence-corrected chi connectivity index (χ0v) is 9.74. The highest BCUT2D eigenvalue weighted by atomic mass is 16.3. The lowest BCUT2D eigenvalue weighted by Gasteiger charge is -2.26. The van der Waals surface area contributed by atoms with Crippen molar-refractivity contribution in [1.29, 1.82) is 0 Å². The number of fused-ring (bicyclic) bond motifs is 2. The van der Waals surface area contributed by atoms with Crippen LogP contribution in [0.2, 0.25) is 0 Å². The van der Waals surface area contributed by atoms with Crippen LogP contribution >= 0.6 is 0 Å². The van der Waals surface area contributed by atoms with Crippen molar-refractivity contribution in [3.05, 3.63) is 35.4 Å². The molecule has 4 rings (SSSR count). The molecule has 2 amide bonds. The van der Waals surface area contributed by atoms with Crippen LogP contribution in [0.15, 0.2) is 24.3 Å². The molecule has 2 fully saturated rings. The van der Waals surface area contributed by atoms with Gasteiger partial charge in [0.2, 0.25) is 0 Å². The van der Waals surface area contributed by atoms with Crippen LogP contribution in [0, 0.1) is 11.8 Å². The van der Waals surface area contributed by atoms with Crippen molar-refractivity contribution in [2.45, 2.75) is 25.0 Å². The first-order valence-electron chi connectivity index (χ1n) is 6.33. The predicted molar refractivity (Wildman–Crippen MR) is 63.0 cm³/mol. The number of amides is 2. The van der Waals surface area contributed by atoms with Crippen molar-refractivity contribution >= 4 is 11.8 Å². The van der Waals surface area contributed by atoms with E-state index < -0.39 is 6.10 Å². The van der Waals surface area contributed by atoms with E-state index in [1.807, 2.05) is 0 Å². The molecule has 1 aromatic carbocycles. The second-order valence-electron chi connectivity index (χ2n) is 5.48. The Hall–Kier alpha value is -1.68. The third kappa shape index (κ3) is 1.13. The summed E-state index contributed by atoms with van der Waals surface area (Å²) < 4.78 is 0. The van der Waals surface area contributed by atoms with Crippen LogP contribution in [-0.2, 0) is 0 Å². The second-order valence-corrected chi connectivity index (χ2v) is 5.48. The van der Waals surface area contributed by atoms with E-state index in [4.69, 9.17) is 0 Å². The lowest BCUT2D eigenvalue weighted by atomic mass is 10.1. The third-order valence-electron chi connectivity index (χ3n) is 4.51. The number of hydrogen-bond acceptors (Lipinski definition) is 3. The molecule has 0 unspecified atom stereocenters. The summed E-state index contributed by atoms with van der Waals surface area (Å²) in [4.78, 5) is 25.8. The summed E-state index contributed by atoms with van der Waals surface area (Å²) in [5.74, 6) is 0.315. The molecule has 18 heavy (non-hydrogen) atoms. The van der Waals surface area contributed by atoms with Crippen molar-refractivity contribution in [3.63, 3.8) is 0 Å². The number of imide groups is 1. The van der Waals surface area contributed by atoms with Crippen LogP contribution in [0.5, 0.6) is 0 Å². The molecule has 1 aliphatic heterocycles. The first-order valence-corrected chi connectivity index (χ1v) is 6.33. The van der Waals surface area contributed by atoms with Gasteiger partial charge in [-0.15, -0.1) is 0 Å². The fourth-order valence-electron chi connectivity index (χ4n) is 3.46. The van der Waals surface area contributed by atoms with E-state index in [0.717, 1.165) is 12.8 Å². The smallest absolute Gasteiger partial charge is 0.261 e. The zero-order chi connectivity index (χ0) is 12.4. The number of rotatable bonds is 1. The highest BCUT2D eigenvalue weighted by Gasteiger charge is 2.57. The first-order chi connectivity index (χ1) is 8.68. The van der Waals surface area contributed by atoms with Crippen LogP contribution in [0.25, 0.3) is 0 Å². The van der Waals surface area contributed by atoms with E-state index in [1.54, 1.807) is 24.3 Å². The Morgan fingerprint density at radius 2 is 1.67 bits per heavy atom. The number of aliphatic hydroxyl groups excluding tert-OH is 1. The lowest BCUT2D eigenvalue weighted by Crippen LogP contribution is -2.45. The van der Waals surface area contributed by atoms with Crippen LogP contribution in [-0.4, -0.2) is 34.0 Å². The molecular formula is C14H13NO3. The van der Waals surface area contributed by atoms with E-state index in [1.165, 1.54) is 4.90 Å². The summed E-state index contributed by atoms with van der Waals surface area (Å²) in [5, 5.41) is 10.1. The monoisotopic (exact) mass is 243 g/mol. The predicted octanol–water partition coefficient (Wildman–Crippen LogP) is 1.05. The summed E-state index contributed by atoms with van der Waals surface area (Å²) in [6, 6.07) is 6.56. The molecule has 1 heterocycles. The molecular weight excluding hydrogens is 230 g/mol. The standard InChI is InChI=1S/C14H13NO3/c16-12-10-5-7(10)6-11(12)15-13(17)8-3-1-2-4-9(8)14(15)18/h1-4,7,10-12,16H,5-6H2/t7-,10-,11-,12-/m1/s1. The highest BCUT2D eigenvalue weighted by Crippen LogP contribution is 2.53. The maximum Gasteiger partial charge on any atom is 0.261 e. The number of carbonyl (C=O) groups excluding carboxylic acids is 2. The van der Waals surface area contributed by atoms with Gasteiger partial charge >= 0.3 is 0 Å². The summed E-state index contributed by atoms with van der Waals surface area (Å²) in [6.45, 7) is 0. The highest BCUT2D eigenvalue weighted by molar-refractivity contribution is 6.21. The minimum atomic E-state index is -0.530. The second kappa shape index (κ2) is 3.20. The molecule has 0 bridgehead atoms. The average Bonchev–Trinajstić information content (AvgIpc) is 3.03. The molecule has 4 atom stereocenters. The van der Waals surface area contributed by atoms with Gasteiger partial charge in [0.15, 0.2) is 0 Å². The van der Waals surface area contributed by atoms with Crippen LogP contribution in [0.4, 0.5) is 0 Å². The van der Waals surface area contributed by atoms with Crippen molar-refractivity contribution < 1.29 is 14.7 Å². The van der Waals surface area contributed by atoms with E-state index in [-0.39, 0.29) is 17.9 Å². The molecule has 0 radical (unpaired) electrons. The summed E-state index contributed by atoms with van der Waals surface area (Å²) in [7, 11) is 0. The van der Waals surface area contributed by atoms with Crippen LogP contribution in [0.3, 0.4) is 0 Å². The maximum absolute atomic E-state index is 12.3. The largest absolute Gasteiger partial charge is 0.391 e.